The number of hydrogen-bond donors (Lipinski definition) is 1. The molecule has 4 saturated carbocycles. The van der Waals surface area contributed by atoms with Crippen LogP contribution < -0.4 is 4.74 Å². The van der Waals surface area contributed by atoms with Gasteiger partial charge in [-0.25, -0.2) is 0 Å². The van der Waals surface area contributed by atoms with Gasteiger partial charge < -0.3 is 14.3 Å². The van der Waals surface area contributed by atoms with Crippen LogP contribution in [0.25, 0.3) is 0 Å². The minimum absolute atomic E-state index is 0.374. The second-order valence-corrected chi connectivity index (χ2v) is 10.7. The zero-order valence-corrected chi connectivity index (χ0v) is 17.6. The summed E-state index contributed by atoms with van der Waals surface area (Å²) in [5, 5.41) is 10.5. The summed E-state index contributed by atoms with van der Waals surface area (Å²) in [7, 11) is 0. The summed E-state index contributed by atoms with van der Waals surface area (Å²) >= 11 is 0. The Morgan fingerprint density at radius 2 is 1.57 bits per heavy atom. The Hall–Kier alpha value is -1.06. The van der Waals surface area contributed by atoms with E-state index in [1.807, 2.05) is 0 Å². The Morgan fingerprint density at radius 3 is 2.11 bits per heavy atom. The third kappa shape index (κ3) is 3.50. The van der Waals surface area contributed by atoms with E-state index in [4.69, 9.17) is 4.74 Å². The number of aliphatic hydroxyl groups is 1. The third-order valence-electron chi connectivity index (χ3n) is 8.73. The molecule has 0 radical (unpaired) electrons. The number of benzene rings is 1. The molecule has 28 heavy (non-hydrogen) atoms. The van der Waals surface area contributed by atoms with Crippen molar-refractivity contribution in [2.24, 2.45) is 17.8 Å². The molecular weight excluding hydrogens is 346 g/mol. The van der Waals surface area contributed by atoms with E-state index in [-0.39, 0.29) is 6.10 Å². The van der Waals surface area contributed by atoms with Gasteiger partial charge in [0.1, 0.15) is 25.0 Å². The first-order valence-corrected chi connectivity index (χ1v) is 11.8. The lowest BCUT2D eigenvalue weighted by atomic mass is 9.48. The maximum Gasteiger partial charge on any atom is 0.137 e. The van der Waals surface area contributed by atoms with Crippen LogP contribution in [0.5, 0.6) is 5.75 Å². The van der Waals surface area contributed by atoms with E-state index in [2.05, 4.69) is 31.2 Å². The summed E-state index contributed by atoms with van der Waals surface area (Å²) in [6, 6.07) is 8.96. The highest BCUT2D eigenvalue weighted by Crippen LogP contribution is 2.60. The van der Waals surface area contributed by atoms with Crippen LogP contribution >= 0.6 is 0 Å². The number of nitrogens with zero attached hydrogens (tertiary/aromatic N) is 1. The van der Waals surface area contributed by atoms with Crippen molar-refractivity contribution in [1.82, 2.24) is 0 Å². The van der Waals surface area contributed by atoms with Gasteiger partial charge in [0.05, 0.1) is 19.6 Å². The summed E-state index contributed by atoms with van der Waals surface area (Å²) < 4.78 is 7.05. The molecule has 1 saturated heterocycles. The van der Waals surface area contributed by atoms with Crippen molar-refractivity contribution < 1.29 is 14.3 Å². The molecule has 1 heterocycles. The molecule has 1 atom stereocenters. The van der Waals surface area contributed by atoms with Gasteiger partial charge in [-0.1, -0.05) is 12.1 Å². The van der Waals surface area contributed by atoms with E-state index in [0.29, 0.717) is 12.0 Å². The monoisotopic (exact) mass is 384 g/mol. The molecule has 6 rings (SSSR count). The molecule has 1 aromatic rings. The summed E-state index contributed by atoms with van der Waals surface area (Å²) in [5.74, 6) is 3.86. The summed E-state index contributed by atoms with van der Waals surface area (Å²) in [6.07, 6.45) is 10.9. The van der Waals surface area contributed by atoms with Crippen LogP contribution in [0.4, 0.5) is 0 Å². The topological polar surface area (TPSA) is 29.5 Å². The fourth-order valence-electron chi connectivity index (χ4n) is 7.70. The van der Waals surface area contributed by atoms with Crippen LogP contribution in [0.2, 0.25) is 0 Å². The Labute approximate surface area is 170 Å². The van der Waals surface area contributed by atoms with Crippen LogP contribution in [0, 0.1) is 17.8 Å². The zero-order valence-electron chi connectivity index (χ0n) is 17.6. The van der Waals surface area contributed by atoms with Crippen molar-refractivity contribution >= 4 is 0 Å². The highest BCUT2D eigenvalue weighted by atomic mass is 16.5. The molecule has 1 aliphatic heterocycles. The van der Waals surface area contributed by atoms with Gasteiger partial charge in [0.15, 0.2) is 0 Å². The first kappa shape index (κ1) is 18.9. The Kier molecular flexibility index (Phi) is 4.95. The molecule has 1 N–H and O–H groups in total. The van der Waals surface area contributed by atoms with Gasteiger partial charge in [-0.3, -0.25) is 0 Å². The maximum absolute atomic E-state index is 10.5. The van der Waals surface area contributed by atoms with Gasteiger partial charge in [0.2, 0.25) is 0 Å². The molecule has 0 aromatic heterocycles. The number of rotatable bonds is 7. The normalized spacial score (nSPS) is 36.6. The number of hydrogen-bond acceptors (Lipinski definition) is 2. The van der Waals surface area contributed by atoms with Crippen LogP contribution in [-0.4, -0.2) is 48.5 Å². The first-order valence-electron chi connectivity index (χ1n) is 11.8. The summed E-state index contributed by atoms with van der Waals surface area (Å²) in [5.41, 5.74) is 2.01. The standard InChI is InChI=1S/C25H38NO2/c1-2-26(9-3-4-10-26)17-23(27)18-28-24-7-5-22(6-8-24)25-14-19-11-20(15-25)13-21(12-19)16-25/h5-8,19-21,23,27H,2-4,9-18H2,1H3/q+1. The second-order valence-electron chi connectivity index (χ2n) is 10.7. The van der Waals surface area contributed by atoms with E-state index in [9.17, 15) is 5.11 Å². The molecule has 3 nitrogen and oxygen atoms in total. The minimum Gasteiger partial charge on any atom is -0.491 e. The van der Waals surface area contributed by atoms with Gasteiger partial charge in [-0.2, -0.15) is 0 Å². The SMILES string of the molecule is CC[N+]1(CC(O)COc2ccc(C34CC5CC(CC(C5)C3)C4)cc2)CCCC1. The van der Waals surface area contributed by atoms with Crippen LogP contribution in [0.15, 0.2) is 24.3 Å². The Bertz CT molecular complexity index is 641. The van der Waals surface area contributed by atoms with E-state index in [1.165, 1.54) is 64.5 Å². The lowest BCUT2D eigenvalue weighted by Crippen LogP contribution is -2.50. The predicted octanol–water partition coefficient (Wildman–Crippen LogP) is 4.52. The lowest BCUT2D eigenvalue weighted by Gasteiger charge is -2.57. The van der Waals surface area contributed by atoms with Gasteiger partial charge in [0, 0.05) is 12.8 Å². The zero-order chi connectivity index (χ0) is 19.2. The van der Waals surface area contributed by atoms with Gasteiger partial charge in [-0.15, -0.1) is 0 Å². The van der Waals surface area contributed by atoms with Crippen LogP contribution in [0.3, 0.4) is 0 Å². The maximum atomic E-state index is 10.5. The Morgan fingerprint density at radius 1 is 1.00 bits per heavy atom. The quantitative estimate of drug-likeness (QED) is 0.700. The lowest BCUT2D eigenvalue weighted by molar-refractivity contribution is -0.917. The molecule has 4 bridgehead atoms. The molecule has 4 aliphatic carbocycles. The van der Waals surface area contributed by atoms with Crippen LogP contribution in [0.1, 0.15) is 63.9 Å². The van der Waals surface area contributed by atoms with Gasteiger partial charge in [0.25, 0.3) is 0 Å². The van der Waals surface area contributed by atoms with Crippen molar-refractivity contribution in [1.29, 1.82) is 0 Å². The smallest absolute Gasteiger partial charge is 0.137 e. The van der Waals surface area contributed by atoms with Crippen molar-refractivity contribution in [3.8, 4) is 5.75 Å². The molecular formula is C25H38NO2+. The minimum atomic E-state index is -0.374. The fraction of sp³-hybridized carbons (Fsp3) is 0.760. The number of quaternary nitrogens is 1. The van der Waals surface area contributed by atoms with E-state index < -0.39 is 0 Å². The number of likely N-dealkylation sites (tertiary alicyclic amines) is 1. The molecule has 5 fully saturated rings. The largest absolute Gasteiger partial charge is 0.491 e. The van der Waals surface area contributed by atoms with Gasteiger partial charge in [-0.05, 0) is 86.3 Å². The third-order valence-corrected chi connectivity index (χ3v) is 8.73. The molecule has 3 heteroatoms. The second kappa shape index (κ2) is 7.32. The molecule has 1 unspecified atom stereocenters. The molecule has 154 valence electrons. The molecule has 1 aromatic carbocycles. The molecule has 0 spiro atoms. The average Bonchev–Trinajstić information content (AvgIpc) is 3.15. The fourth-order valence-corrected chi connectivity index (χ4v) is 7.70. The Balaban J connectivity index is 1.19. The molecule has 0 amide bonds. The number of ether oxygens (including phenoxy) is 1. The van der Waals surface area contributed by atoms with Crippen LogP contribution in [-0.2, 0) is 5.41 Å². The van der Waals surface area contributed by atoms with Crippen molar-refractivity contribution in [2.45, 2.75) is 69.8 Å². The number of likely N-dealkylation sites (N-methyl/N-ethyl adjacent to an activating group) is 1. The predicted molar refractivity (Wildman–Crippen MR) is 112 cm³/mol. The number of aliphatic hydroxyl groups excluding tert-OH is 1. The van der Waals surface area contributed by atoms with Crippen molar-refractivity contribution in [3.63, 3.8) is 0 Å². The summed E-state index contributed by atoms with van der Waals surface area (Å²) in [6.45, 7) is 7.05. The van der Waals surface area contributed by atoms with E-state index in [0.717, 1.165) is 41.1 Å². The van der Waals surface area contributed by atoms with E-state index in [1.54, 1.807) is 5.56 Å². The average molecular weight is 385 g/mol. The van der Waals surface area contributed by atoms with Crippen molar-refractivity contribution in [3.05, 3.63) is 29.8 Å². The molecule has 5 aliphatic rings. The summed E-state index contributed by atoms with van der Waals surface area (Å²) in [4.78, 5) is 0. The van der Waals surface area contributed by atoms with E-state index >= 15 is 0 Å². The highest BCUT2D eigenvalue weighted by Gasteiger charge is 2.51. The van der Waals surface area contributed by atoms with Crippen molar-refractivity contribution in [2.75, 3.05) is 32.8 Å². The first-order chi connectivity index (χ1) is 13.6. The van der Waals surface area contributed by atoms with Gasteiger partial charge >= 0.3 is 0 Å². The highest BCUT2D eigenvalue weighted by molar-refractivity contribution is 5.34.